The molecule has 3 aromatic carbocycles. The number of aromatic nitrogens is 2. The average Bonchev–Trinajstić information content (AvgIpc) is 3.40. The van der Waals surface area contributed by atoms with Gasteiger partial charge < -0.3 is 24.9 Å². The van der Waals surface area contributed by atoms with E-state index in [1.54, 1.807) is 24.3 Å². The number of hydrogen-bond acceptors (Lipinski definition) is 7. The van der Waals surface area contributed by atoms with Crippen molar-refractivity contribution in [3.63, 3.8) is 0 Å². The third kappa shape index (κ3) is 6.70. The molecule has 0 spiro atoms. The molecule has 0 saturated heterocycles. The summed E-state index contributed by atoms with van der Waals surface area (Å²) >= 11 is 6.46. The number of carbonyl (C=O) groups excluding carboxylic acids is 1. The predicted octanol–water partition coefficient (Wildman–Crippen LogP) is 6.40. The lowest BCUT2D eigenvalue weighted by Gasteiger charge is -2.12. The molecule has 0 radical (unpaired) electrons. The second kappa shape index (κ2) is 11.9. The van der Waals surface area contributed by atoms with E-state index in [0.29, 0.717) is 39.4 Å². The van der Waals surface area contributed by atoms with Gasteiger partial charge in [-0.3, -0.25) is 4.79 Å². The first-order valence-electron chi connectivity index (χ1n) is 12.1. The lowest BCUT2D eigenvalue weighted by Crippen LogP contribution is -2.13. The van der Waals surface area contributed by atoms with Gasteiger partial charge in [0.05, 0.1) is 17.1 Å². The molecule has 0 bridgehead atoms. The molecule has 0 atom stereocenters. The summed E-state index contributed by atoms with van der Waals surface area (Å²) in [5, 5.41) is 4.48. The van der Waals surface area contributed by atoms with E-state index < -0.39 is 5.91 Å². The van der Waals surface area contributed by atoms with Crippen LogP contribution in [0.2, 0.25) is 5.02 Å². The lowest BCUT2D eigenvalue weighted by molar-refractivity contribution is -0.119. The minimum atomic E-state index is -0.412. The van der Waals surface area contributed by atoms with E-state index in [0.717, 1.165) is 16.5 Å². The SMILES string of the molecule is NC(=O)CCOCc1ccc(-c2ccc3ncnc(Nc4ccc(OCc5cccc(F)c5)c(Cl)c4)c3c2)o1. The van der Waals surface area contributed by atoms with Crippen LogP contribution in [0.4, 0.5) is 15.9 Å². The molecule has 198 valence electrons. The summed E-state index contributed by atoms with van der Waals surface area (Å²) in [4.78, 5) is 19.6. The Kier molecular flexibility index (Phi) is 8.00. The van der Waals surface area contributed by atoms with Crippen molar-refractivity contribution in [1.82, 2.24) is 9.97 Å². The zero-order valence-electron chi connectivity index (χ0n) is 20.7. The van der Waals surface area contributed by atoms with E-state index >= 15 is 0 Å². The van der Waals surface area contributed by atoms with Gasteiger partial charge in [-0.05, 0) is 66.2 Å². The molecule has 2 aromatic heterocycles. The van der Waals surface area contributed by atoms with E-state index in [4.69, 9.17) is 31.2 Å². The molecule has 0 aliphatic carbocycles. The number of primary amides is 1. The van der Waals surface area contributed by atoms with E-state index in [-0.39, 0.29) is 32.1 Å². The average molecular weight is 547 g/mol. The number of fused-ring (bicyclic) bond motifs is 1. The summed E-state index contributed by atoms with van der Waals surface area (Å²) in [6.45, 7) is 0.662. The Bertz CT molecular complexity index is 1620. The molecule has 8 nitrogen and oxygen atoms in total. The van der Waals surface area contributed by atoms with Crippen LogP contribution in [0.1, 0.15) is 17.7 Å². The van der Waals surface area contributed by atoms with Crippen molar-refractivity contribution in [2.45, 2.75) is 19.6 Å². The van der Waals surface area contributed by atoms with Crippen molar-refractivity contribution in [1.29, 1.82) is 0 Å². The normalized spacial score (nSPS) is 11.0. The molecule has 0 aliphatic rings. The lowest BCUT2D eigenvalue weighted by atomic mass is 10.1. The molecule has 2 heterocycles. The number of carbonyl (C=O) groups is 1. The van der Waals surface area contributed by atoms with Gasteiger partial charge in [0.15, 0.2) is 0 Å². The van der Waals surface area contributed by atoms with Gasteiger partial charge in [-0.15, -0.1) is 0 Å². The summed E-state index contributed by atoms with van der Waals surface area (Å²) in [5.41, 5.74) is 8.12. The zero-order chi connectivity index (χ0) is 27.2. The third-order valence-electron chi connectivity index (χ3n) is 5.80. The Morgan fingerprint density at radius 1 is 1.03 bits per heavy atom. The Morgan fingerprint density at radius 3 is 2.74 bits per heavy atom. The zero-order valence-corrected chi connectivity index (χ0v) is 21.5. The second-order valence-electron chi connectivity index (χ2n) is 8.68. The van der Waals surface area contributed by atoms with Crippen LogP contribution in [0.5, 0.6) is 5.75 Å². The van der Waals surface area contributed by atoms with Crippen LogP contribution in [0, 0.1) is 5.82 Å². The highest BCUT2D eigenvalue weighted by Crippen LogP contribution is 2.33. The number of ether oxygens (including phenoxy) is 2. The molecule has 5 aromatic rings. The Labute approximate surface area is 228 Å². The van der Waals surface area contributed by atoms with Crippen LogP contribution in [0.15, 0.2) is 83.5 Å². The van der Waals surface area contributed by atoms with E-state index in [2.05, 4.69) is 15.3 Å². The maximum absolute atomic E-state index is 13.4. The number of nitrogens with zero attached hydrogens (tertiary/aromatic N) is 2. The number of rotatable bonds is 11. The summed E-state index contributed by atoms with van der Waals surface area (Å²) < 4.78 is 30.5. The number of amides is 1. The Balaban J connectivity index is 1.30. The van der Waals surface area contributed by atoms with Gasteiger partial charge in [0.25, 0.3) is 0 Å². The molecule has 5 rings (SSSR count). The van der Waals surface area contributed by atoms with Gasteiger partial charge in [0.2, 0.25) is 5.91 Å². The molecule has 39 heavy (non-hydrogen) atoms. The van der Waals surface area contributed by atoms with Crippen LogP contribution in [0.25, 0.3) is 22.2 Å². The van der Waals surface area contributed by atoms with Crippen molar-refractivity contribution in [2.24, 2.45) is 5.73 Å². The quantitative estimate of drug-likeness (QED) is 0.184. The van der Waals surface area contributed by atoms with Crippen LogP contribution in [0.3, 0.4) is 0 Å². The van der Waals surface area contributed by atoms with Crippen LogP contribution in [-0.4, -0.2) is 22.5 Å². The molecular formula is C29H24ClFN4O4. The maximum Gasteiger partial charge on any atom is 0.219 e. The number of hydrogen-bond donors (Lipinski definition) is 2. The van der Waals surface area contributed by atoms with Gasteiger partial charge in [-0.25, -0.2) is 14.4 Å². The predicted molar refractivity (Wildman–Crippen MR) is 146 cm³/mol. The minimum absolute atomic E-state index is 0.157. The van der Waals surface area contributed by atoms with Crippen LogP contribution < -0.4 is 15.8 Å². The molecule has 0 aliphatic heterocycles. The summed E-state index contributed by atoms with van der Waals surface area (Å²) in [5.74, 6) is 1.63. The summed E-state index contributed by atoms with van der Waals surface area (Å²) in [6, 6.07) is 20.9. The highest BCUT2D eigenvalue weighted by molar-refractivity contribution is 6.32. The molecule has 0 unspecified atom stereocenters. The van der Waals surface area contributed by atoms with Crippen LogP contribution >= 0.6 is 11.6 Å². The first-order chi connectivity index (χ1) is 18.9. The van der Waals surface area contributed by atoms with E-state index in [1.807, 2.05) is 36.4 Å². The fourth-order valence-corrected chi connectivity index (χ4v) is 4.12. The Morgan fingerprint density at radius 2 is 1.92 bits per heavy atom. The smallest absolute Gasteiger partial charge is 0.219 e. The van der Waals surface area contributed by atoms with E-state index in [9.17, 15) is 9.18 Å². The largest absolute Gasteiger partial charge is 0.487 e. The second-order valence-corrected chi connectivity index (χ2v) is 9.09. The number of nitrogens with two attached hydrogens (primary N) is 1. The number of halogens is 2. The van der Waals surface area contributed by atoms with Gasteiger partial charge in [0.1, 0.15) is 48.4 Å². The molecule has 1 amide bonds. The standard InChI is InChI=1S/C29H24ClFN4O4/c30-24-14-21(5-8-27(24)38-15-18-2-1-3-20(31)12-18)35-29-23-13-19(4-7-25(23)33-17-34-29)26-9-6-22(39-26)16-37-11-10-28(32)36/h1-9,12-14,17H,10-11,15-16H2,(H2,32,36)(H,33,34,35). The molecule has 0 saturated carbocycles. The van der Waals surface area contributed by atoms with Crippen molar-refractivity contribution >= 4 is 39.9 Å². The van der Waals surface area contributed by atoms with Gasteiger partial charge >= 0.3 is 0 Å². The summed E-state index contributed by atoms with van der Waals surface area (Å²) in [7, 11) is 0. The molecule has 3 N–H and O–H groups in total. The fraction of sp³-hybridized carbons (Fsp3) is 0.138. The summed E-state index contributed by atoms with van der Waals surface area (Å²) in [6.07, 6.45) is 1.64. The Hall–Kier alpha value is -4.47. The first kappa shape index (κ1) is 26.1. The minimum Gasteiger partial charge on any atom is -0.487 e. The van der Waals surface area contributed by atoms with Gasteiger partial charge in [0, 0.05) is 23.1 Å². The number of nitrogens with one attached hydrogen (secondary N) is 1. The van der Waals surface area contributed by atoms with Crippen molar-refractivity contribution < 1.29 is 23.1 Å². The van der Waals surface area contributed by atoms with Crippen molar-refractivity contribution in [3.05, 3.63) is 101 Å². The number of benzene rings is 3. The first-order valence-corrected chi connectivity index (χ1v) is 12.5. The monoisotopic (exact) mass is 546 g/mol. The maximum atomic E-state index is 13.4. The van der Waals surface area contributed by atoms with Crippen LogP contribution in [-0.2, 0) is 22.7 Å². The highest BCUT2D eigenvalue weighted by atomic mass is 35.5. The molecular weight excluding hydrogens is 523 g/mol. The van der Waals surface area contributed by atoms with Gasteiger partial charge in [-0.2, -0.15) is 0 Å². The number of furan rings is 1. The molecule has 10 heteroatoms. The third-order valence-corrected chi connectivity index (χ3v) is 6.09. The number of anilines is 2. The van der Waals surface area contributed by atoms with E-state index in [1.165, 1.54) is 18.5 Å². The highest BCUT2D eigenvalue weighted by Gasteiger charge is 2.11. The fourth-order valence-electron chi connectivity index (χ4n) is 3.89. The topological polar surface area (TPSA) is 113 Å². The molecule has 0 fully saturated rings. The van der Waals surface area contributed by atoms with Gasteiger partial charge in [-0.1, -0.05) is 23.7 Å². The van der Waals surface area contributed by atoms with Crippen molar-refractivity contribution in [2.75, 3.05) is 11.9 Å². The van der Waals surface area contributed by atoms with Crippen molar-refractivity contribution in [3.8, 4) is 17.1 Å².